The Labute approximate surface area is 99.8 Å². The van der Waals surface area contributed by atoms with Crippen molar-refractivity contribution in [2.45, 2.75) is 32.1 Å². The number of carbonyl (C=O) groups is 1. The van der Waals surface area contributed by atoms with Crippen LogP contribution in [0.25, 0.3) is 5.57 Å². The van der Waals surface area contributed by atoms with Gasteiger partial charge in [-0.15, -0.1) is 0 Å². The van der Waals surface area contributed by atoms with Crippen LogP contribution in [0.2, 0.25) is 0 Å². The molecule has 17 heavy (non-hydrogen) atoms. The summed E-state index contributed by atoms with van der Waals surface area (Å²) >= 11 is 0. The molecule has 0 amide bonds. The zero-order valence-electron chi connectivity index (χ0n) is 9.74. The molecule has 0 bridgehead atoms. The van der Waals surface area contributed by atoms with Crippen LogP contribution in [0, 0.1) is 5.82 Å². The van der Waals surface area contributed by atoms with Crippen LogP contribution in [0.4, 0.5) is 4.39 Å². The van der Waals surface area contributed by atoms with Crippen molar-refractivity contribution in [2.24, 2.45) is 0 Å². The van der Waals surface area contributed by atoms with Crippen molar-refractivity contribution in [3.63, 3.8) is 0 Å². The average molecular weight is 234 g/mol. The lowest BCUT2D eigenvalue weighted by Gasteiger charge is -2.08. The van der Waals surface area contributed by atoms with Crippen molar-refractivity contribution >= 4 is 11.5 Å². The first kappa shape index (κ1) is 11.8. The van der Waals surface area contributed by atoms with E-state index in [2.05, 4.69) is 6.92 Å². The lowest BCUT2D eigenvalue weighted by Crippen LogP contribution is -1.92. The van der Waals surface area contributed by atoms with E-state index in [1.807, 2.05) is 0 Å². The van der Waals surface area contributed by atoms with Crippen molar-refractivity contribution in [3.8, 4) is 0 Å². The standard InChI is InChI=1S/C14H15FO2/c1-2-3-9-6-10(7-14(16)17)13-8-11(15)4-5-12(9)13/h4-5,7-9H,2-3,6H2,1H3,(H,16,17)/b10-7+. The number of fused-ring (bicyclic) bond motifs is 1. The molecule has 1 aliphatic rings. The molecule has 2 rings (SSSR count). The molecule has 90 valence electrons. The molecular formula is C14H15FO2. The van der Waals surface area contributed by atoms with E-state index in [4.69, 9.17) is 5.11 Å². The first-order valence-electron chi connectivity index (χ1n) is 5.85. The molecule has 0 aromatic heterocycles. The quantitative estimate of drug-likeness (QED) is 0.811. The predicted octanol–water partition coefficient (Wildman–Crippen LogP) is 3.58. The van der Waals surface area contributed by atoms with E-state index < -0.39 is 5.97 Å². The molecule has 0 saturated heterocycles. The first-order valence-corrected chi connectivity index (χ1v) is 5.85. The fraction of sp³-hybridized carbons (Fsp3) is 0.357. The van der Waals surface area contributed by atoms with E-state index >= 15 is 0 Å². The molecule has 1 unspecified atom stereocenters. The highest BCUT2D eigenvalue weighted by atomic mass is 19.1. The fourth-order valence-corrected chi connectivity index (χ4v) is 2.54. The second-order valence-electron chi connectivity index (χ2n) is 4.43. The highest BCUT2D eigenvalue weighted by Crippen LogP contribution is 2.43. The monoisotopic (exact) mass is 234 g/mol. The number of allylic oxidation sites excluding steroid dienone is 1. The van der Waals surface area contributed by atoms with Crippen LogP contribution >= 0.6 is 0 Å². The highest BCUT2D eigenvalue weighted by molar-refractivity contribution is 5.92. The summed E-state index contributed by atoms with van der Waals surface area (Å²) in [4.78, 5) is 10.7. The summed E-state index contributed by atoms with van der Waals surface area (Å²) < 4.78 is 13.2. The van der Waals surface area contributed by atoms with Gasteiger partial charge in [-0.2, -0.15) is 0 Å². The van der Waals surface area contributed by atoms with Gasteiger partial charge in [0.25, 0.3) is 0 Å². The van der Waals surface area contributed by atoms with E-state index in [9.17, 15) is 9.18 Å². The molecule has 1 aromatic rings. The van der Waals surface area contributed by atoms with Gasteiger partial charge in [-0.05, 0) is 47.6 Å². The molecular weight excluding hydrogens is 219 g/mol. The highest BCUT2D eigenvalue weighted by Gasteiger charge is 2.26. The fourth-order valence-electron chi connectivity index (χ4n) is 2.54. The van der Waals surface area contributed by atoms with Gasteiger partial charge in [0.2, 0.25) is 0 Å². The van der Waals surface area contributed by atoms with Crippen molar-refractivity contribution in [2.75, 3.05) is 0 Å². The van der Waals surface area contributed by atoms with Crippen LogP contribution in [-0.4, -0.2) is 11.1 Å². The topological polar surface area (TPSA) is 37.3 Å². The van der Waals surface area contributed by atoms with Crippen LogP contribution in [0.15, 0.2) is 24.3 Å². The van der Waals surface area contributed by atoms with Crippen LogP contribution < -0.4 is 0 Å². The number of benzene rings is 1. The van der Waals surface area contributed by atoms with Crippen LogP contribution in [0.5, 0.6) is 0 Å². The molecule has 0 heterocycles. The minimum absolute atomic E-state index is 0.308. The Kier molecular flexibility index (Phi) is 3.27. The van der Waals surface area contributed by atoms with Gasteiger partial charge in [0, 0.05) is 6.08 Å². The molecule has 1 aromatic carbocycles. The van der Waals surface area contributed by atoms with Gasteiger partial charge in [0.15, 0.2) is 0 Å². The summed E-state index contributed by atoms with van der Waals surface area (Å²) in [5.74, 6) is -0.939. The summed E-state index contributed by atoms with van der Waals surface area (Å²) in [5, 5.41) is 8.81. The summed E-state index contributed by atoms with van der Waals surface area (Å²) in [6, 6.07) is 4.68. The summed E-state index contributed by atoms with van der Waals surface area (Å²) in [5.41, 5.74) is 2.59. The lowest BCUT2D eigenvalue weighted by molar-refractivity contribution is -0.131. The Bertz CT molecular complexity index is 477. The molecule has 2 nitrogen and oxygen atoms in total. The number of aliphatic carboxylic acids is 1. The maximum Gasteiger partial charge on any atom is 0.328 e. The zero-order valence-corrected chi connectivity index (χ0v) is 9.74. The molecule has 0 fully saturated rings. The lowest BCUT2D eigenvalue weighted by atomic mass is 9.97. The normalized spacial score (nSPS) is 20.6. The van der Waals surface area contributed by atoms with Gasteiger partial charge in [0.1, 0.15) is 5.82 Å². The second kappa shape index (κ2) is 4.70. The number of hydrogen-bond donors (Lipinski definition) is 1. The Morgan fingerprint density at radius 1 is 1.59 bits per heavy atom. The first-order chi connectivity index (χ1) is 8.11. The average Bonchev–Trinajstić information content (AvgIpc) is 2.56. The smallest absolute Gasteiger partial charge is 0.328 e. The van der Waals surface area contributed by atoms with E-state index in [1.54, 1.807) is 6.07 Å². The Hall–Kier alpha value is -1.64. The van der Waals surface area contributed by atoms with Crippen LogP contribution in [-0.2, 0) is 4.79 Å². The minimum Gasteiger partial charge on any atom is -0.478 e. The molecule has 1 N–H and O–H groups in total. The zero-order chi connectivity index (χ0) is 12.4. The Morgan fingerprint density at radius 3 is 3.00 bits per heavy atom. The predicted molar refractivity (Wildman–Crippen MR) is 64.3 cm³/mol. The third-order valence-electron chi connectivity index (χ3n) is 3.20. The van der Waals surface area contributed by atoms with Crippen LogP contribution in [0.1, 0.15) is 43.2 Å². The second-order valence-corrected chi connectivity index (χ2v) is 4.43. The van der Waals surface area contributed by atoms with Gasteiger partial charge >= 0.3 is 5.97 Å². The van der Waals surface area contributed by atoms with Gasteiger partial charge in [-0.25, -0.2) is 9.18 Å². The number of carboxylic acids is 1. The largest absolute Gasteiger partial charge is 0.478 e. The summed E-state index contributed by atoms with van der Waals surface area (Å²) in [6.07, 6.45) is 3.96. The third-order valence-corrected chi connectivity index (χ3v) is 3.20. The molecule has 0 radical (unpaired) electrons. The number of rotatable bonds is 3. The Balaban J connectivity index is 2.44. The number of halogens is 1. The van der Waals surface area contributed by atoms with E-state index in [0.717, 1.165) is 29.5 Å². The van der Waals surface area contributed by atoms with E-state index in [-0.39, 0.29) is 5.82 Å². The van der Waals surface area contributed by atoms with Gasteiger partial charge in [0.05, 0.1) is 0 Å². The summed E-state index contributed by atoms with van der Waals surface area (Å²) in [7, 11) is 0. The minimum atomic E-state index is -0.965. The number of hydrogen-bond acceptors (Lipinski definition) is 1. The van der Waals surface area contributed by atoms with Gasteiger partial charge in [-0.1, -0.05) is 19.4 Å². The molecule has 1 atom stereocenters. The third kappa shape index (κ3) is 2.38. The van der Waals surface area contributed by atoms with E-state index in [1.165, 1.54) is 18.2 Å². The van der Waals surface area contributed by atoms with Crippen molar-refractivity contribution in [1.29, 1.82) is 0 Å². The molecule has 0 saturated carbocycles. The maximum atomic E-state index is 13.2. The number of carboxylic acid groups (broad SMARTS) is 1. The molecule has 0 spiro atoms. The summed E-state index contributed by atoms with van der Waals surface area (Å²) in [6.45, 7) is 2.10. The van der Waals surface area contributed by atoms with E-state index in [0.29, 0.717) is 12.3 Å². The van der Waals surface area contributed by atoms with Crippen molar-refractivity contribution in [3.05, 3.63) is 41.2 Å². The van der Waals surface area contributed by atoms with Crippen LogP contribution in [0.3, 0.4) is 0 Å². The van der Waals surface area contributed by atoms with Gasteiger partial charge in [-0.3, -0.25) is 0 Å². The SMILES string of the molecule is CCCC1C/C(=C\C(=O)O)c2cc(F)ccc21. The molecule has 1 aliphatic carbocycles. The van der Waals surface area contributed by atoms with Crippen molar-refractivity contribution < 1.29 is 14.3 Å². The Morgan fingerprint density at radius 2 is 2.35 bits per heavy atom. The maximum absolute atomic E-state index is 13.2. The molecule has 0 aliphatic heterocycles. The van der Waals surface area contributed by atoms with Crippen molar-refractivity contribution in [1.82, 2.24) is 0 Å². The molecule has 3 heteroatoms. The van der Waals surface area contributed by atoms with Gasteiger partial charge < -0.3 is 5.11 Å².